The van der Waals surface area contributed by atoms with Gasteiger partial charge >= 0.3 is 0 Å². The van der Waals surface area contributed by atoms with Gasteiger partial charge in [0.05, 0.1) is 16.3 Å². The second kappa shape index (κ2) is 6.55. The number of para-hydroxylation sites is 1. The van der Waals surface area contributed by atoms with Crippen LogP contribution in [0.25, 0.3) is 28.1 Å². The summed E-state index contributed by atoms with van der Waals surface area (Å²) in [7, 11) is 0. The zero-order valence-electron chi connectivity index (χ0n) is 15.1. The molecule has 0 radical (unpaired) electrons. The van der Waals surface area contributed by atoms with Crippen LogP contribution in [0.4, 0.5) is 5.69 Å². The average molecular weight is 401 g/mol. The molecule has 0 spiro atoms. The van der Waals surface area contributed by atoms with Crippen LogP contribution in [0.2, 0.25) is 0 Å². The second-order valence-corrected chi connectivity index (χ2v) is 8.34. The van der Waals surface area contributed by atoms with Gasteiger partial charge in [-0.2, -0.15) is 0 Å². The van der Waals surface area contributed by atoms with Gasteiger partial charge in [-0.15, -0.1) is 11.3 Å². The lowest BCUT2D eigenvalue weighted by Gasteiger charge is -2.09. The van der Waals surface area contributed by atoms with Crippen LogP contribution < -0.4 is 0 Å². The van der Waals surface area contributed by atoms with Crippen LogP contribution in [-0.2, 0) is 0 Å². The molecule has 5 heteroatoms. The molecule has 0 amide bonds. The predicted molar refractivity (Wildman–Crippen MR) is 121 cm³/mol. The summed E-state index contributed by atoms with van der Waals surface area (Å²) in [6.07, 6.45) is 1.99. The molecule has 28 heavy (non-hydrogen) atoms. The summed E-state index contributed by atoms with van der Waals surface area (Å²) in [6, 6.07) is 22.2. The third-order valence-electron chi connectivity index (χ3n) is 4.97. The summed E-state index contributed by atoms with van der Waals surface area (Å²) in [6.45, 7) is 1.99. The summed E-state index contributed by atoms with van der Waals surface area (Å²) in [5.74, 6) is 0.163. The molecule has 0 fully saturated rings. The van der Waals surface area contributed by atoms with Crippen molar-refractivity contribution < 1.29 is 5.11 Å². The van der Waals surface area contributed by atoms with Crippen molar-refractivity contribution in [2.45, 2.75) is 6.92 Å². The van der Waals surface area contributed by atoms with Crippen LogP contribution in [-0.4, -0.2) is 15.4 Å². The lowest BCUT2D eigenvalue weighted by Crippen LogP contribution is -1.95. The number of fused-ring (bicyclic) bond motifs is 2. The standard InChI is InChI=1S/C23H16N2OS2/c1-14-18(17-10-4-5-11-19(17)24-14)13-21-22(26)25(23(27)28-21)20-12-6-8-15-7-2-3-9-16(15)20/h2-13,26H,1H3/b18-13-. The van der Waals surface area contributed by atoms with Crippen LogP contribution >= 0.6 is 23.6 Å². The SMILES string of the molecule is CC1=Nc2ccccc2/C1=C\c1sc(=S)n(-c2cccc3ccccc23)c1O. The minimum Gasteiger partial charge on any atom is -0.493 e. The molecule has 0 unspecified atom stereocenters. The number of hydrogen-bond acceptors (Lipinski definition) is 4. The van der Waals surface area contributed by atoms with E-state index in [0.717, 1.165) is 43.9 Å². The number of allylic oxidation sites excluding steroid dienone is 1. The maximum absolute atomic E-state index is 11.0. The molecule has 0 aliphatic carbocycles. The third-order valence-corrected chi connectivity index (χ3v) is 6.28. The maximum Gasteiger partial charge on any atom is 0.215 e. The number of aliphatic imine (C=N–C) groups is 1. The summed E-state index contributed by atoms with van der Waals surface area (Å²) in [5, 5.41) is 13.2. The van der Waals surface area contributed by atoms with Gasteiger partial charge in [0.1, 0.15) is 0 Å². The van der Waals surface area contributed by atoms with E-state index in [1.165, 1.54) is 11.3 Å². The highest BCUT2D eigenvalue weighted by Gasteiger charge is 2.20. The van der Waals surface area contributed by atoms with E-state index in [0.29, 0.717) is 3.95 Å². The Labute approximate surface area is 171 Å². The molecule has 1 aliphatic rings. The van der Waals surface area contributed by atoms with E-state index in [1.807, 2.05) is 61.5 Å². The van der Waals surface area contributed by atoms with Crippen molar-refractivity contribution >= 4 is 57.4 Å². The largest absolute Gasteiger partial charge is 0.493 e. The number of benzene rings is 3. The van der Waals surface area contributed by atoms with Crippen molar-refractivity contribution in [3.63, 3.8) is 0 Å². The average Bonchev–Trinajstić information content (AvgIpc) is 3.17. The summed E-state index contributed by atoms with van der Waals surface area (Å²) in [4.78, 5) is 5.36. The number of hydrogen-bond donors (Lipinski definition) is 1. The third kappa shape index (κ3) is 2.63. The van der Waals surface area contributed by atoms with Crippen LogP contribution in [0.1, 0.15) is 17.4 Å². The Morgan fingerprint density at radius 1 is 1.00 bits per heavy atom. The Morgan fingerprint density at radius 2 is 1.75 bits per heavy atom. The van der Waals surface area contributed by atoms with Gasteiger partial charge < -0.3 is 5.11 Å². The van der Waals surface area contributed by atoms with Crippen LogP contribution in [0.5, 0.6) is 5.88 Å². The van der Waals surface area contributed by atoms with Crippen LogP contribution in [0.3, 0.4) is 0 Å². The van der Waals surface area contributed by atoms with Gasteiger partial charge in [-0.1, -0.05) is 54.6 Å². The first-order chi connectivity index (χ1) is 13.6. The maximum atomic E-state index is 11.0. The summed E-state index contributed by atoms with van der Waals surface area (Å²) < 4.78 is 2.36. The first-order valence-electron chi connectivity index (χ1n) is 8.93. The zero-order chi connectivity index (χ0) is 19.3. The van der Waals surface area contributed by atoms with Gasteiger partial charge in [-0.25, -0.2) is 0 Å². The normalized spacial score (nSPS) is 14.5. The van der Waals surface area contributed by atoms with E-state index in [-0.39, 0.29) is 5.88 Å². The Bertz CT molecular complexity index is 1350. The highest BCUT2D eigenvalue weighted by atomic mass is 32.1. The van der Waals surface area contributed by atoms with Crippen molar-refractivity contribution in [2.24, 2.45) is 4.99 Å². The smallest absolute Gasteiger partial charge is 0.215 e. The first-order valence-corrected chi connectivity index (χ1v) is 10.2. The van der Waals surface area contributed by atoms with Gasteiger partial charge in [-0.05, 0) is 42.7 Å². The number of thiazole rings is 1. The molecule has 2 heterocycles. The van der Waals surface area contributed by atoms with Crippen molar-refractivity contribution in [3.05, 3.63) is 81.1 Å². The van der Waals surface area contributed by atoms with E-state index in [4.69, 9.17) is 12.2 Å². The molecular weight excluding hydrogens is 384 g/mol. The minimum atomic E-state index is 0.163. The molecule has 0 atom stereocenters. The van der Waals surface area contributed by atoms with Crippen molar-refractivity contribution in [2.75, 3.05) is 0 Å². The molecule has 1 N–H and O–H groups in total. The van der Waals surface area contributed by atoms with E-state index < -0.39 is 0 Å². The molecule has 3 nitrogen and oxygen atoms in total. The van der Waals surface area contributed by atoms with Gasteiger partial charge in [0, 0.05) is 22.2 Å². The highest BCUT2D eigenvalue weighted by Crippen LogP contribution is 2.39. The summed E-state index contributed by atoms with van der Waals surface area (Å²) >= 11 is 7.02. The number of aromatic nitrogens is 1. The molecule has 0 saturated heterocycles. The molecule has 1 aromatic heterocycles. The molecule has 1 aliphatic heterocycles. The van der Waals surface area contributed by atoms with Crippen LogP contribution in [0.15, 0.2) is 71.7 Å². The first kappa shape index (κ1) is 17.1. The van der Waals surface area contributed by atoms with E-state index in [1.54, 1.807) is 4.57 Å². The second-order valence-electron chi connectivity index (χ2n) is 6.66. The van der Waals surface area contributed by atoms with E-state index in [9.17, 15) is 5.11 Å². The molecule has 5 rings (SSSR count). The van der Waals surface area contributed by atoms with Gasteiger partial charge in [0.2, 0.25) is 5.88 Å². The zero-order valence-corrected chi connectivity index (χ0v) is 16.7. The van der Waals surface area contributed by atoms with Gasteiger partial charge in [-0.3, -0.25) is 9.56 Å². The van der Waals surface area contributed by atoms with Gasteiger partial charge in [0.15, 0.2) is 3.95 Å². The topological polar surface area (TPSA) is 37.5 Å². The van der Waals surface area contributed by atoms with E-state index >= 15 is 0 Å². The quantitative estimate of drug-likeness (QED) is 0.377. The highest BCUT2D eigenvalue weighted by molar-refractivity contribution is 7.73. The Hall–Kier alpha value is -3.02. The fraction of sp³-hybridized carbons (Fsp3) is 0.0435. The fourth-order valence-corrected chi connectivity index (χ4v) is 4.92. The lowest BCUT2D eigenvalue weighted by molar-refractivity contribution is 0.441. The molecule has 3 aromatic carbocycles. The van der Waals surface area contributed by atoms with E-state index in [2.05, 4.69) is 23.2 Å². The number of rotatable bonds is 2. The number of nitrogens with zero attached hydrogens (tertiary/aromatic N) is 2. The van der Waals surface area contributed by atoms with Crippen molar-refractivity contribution in [1.29, 1.82) is 0 Å². The molecule has 4 aromatic rings. The minimum absolute atomic E-state index is 0.163. The Kier molecular flexibility index (Phi) is 4.00. The fourth-order valence-electron chi connectivity index (χ4n) is 3.64. The molecule has 0 saturated carbocycles. The van der Waals surface area contributed by atoms with Gasteiger partial charge in [0.25, 0.3) is 0 Å². The predicted octanol–water partition coefficient (Wildman–Crippen LogP) is 6.77. The van der Waals surface area contributed by atoms with Crippen molar-refractivity contribution in [1.82, 2.24) is 4.57 Å². The summed E-state index contributed by atoms with van der Waals surface area (Å²) in [5.41, 5.74) is 4.89. The van der Waals surface area contributed by atoms with Crippen molar-refractivity contribution in [3.8, 4) is 11.6 Å². The Morgan fingerprint density at radius 3 is 2.64 bits per heavy atom. The molecule has 0 bridgehead atoms. The Balaban J connectivity index is 1.70. The molecule has 136 valence electrons. The monoisotopic (exact) mass is 400 g/mol. The molecular formula is C23H16N2OS2. The van der Waals surface area contributed by atoms with Crippen LogP contribution in [0, 0.1) is 3.95 Å². The lowest BCUT2D eigenvalue weighted by atomic mass is 10.0. The number of aromatic hydroxyl groups is 1.